The number of nitrogen functional groups attached to an aromatic ring is 1. The summed E-state index contributed by atoms with van der Waals surface area (Å²) in [7, 11) is 0. The van der Waals surface area contributed by atoms with Crippen LogP contribution in [0.1, 0.15) is 30.0 Å². The molecule has 4 nitrogen and oxygen atoms in total. The van der Waals surface area contributed by atoms with Gasteiger partial charge in [0.05, 0.1) is 22.0 Å². The molecule has 7 heteroatoms. The van der Waals surface area contributed by atoms with Crippen LogP contribution in [0, 0.1) is 5.82 Å². The molecule has 4 aromatic rings. The molecule has 4 rings (SSSR count). The summed E-state index contributed by atoms with van der Waals surface area (Å²) in [5.41, 5.74) is 7.78. The molecule has 0 saturated carbocycles. The Morgan fingerprint density at radius 3 is 2.76 bits per heavy atom. The molecule has 0 atom stereocenters. The quantitative estimate of drug-likeness (QED) is 0.447. The SMILES string of the molecule is CC(C)(O)c1ccnc(-c2cccc3cc(Cc4nc(N)c(F)cc4Cl)sc23)c1. The van der Waals surface area contributed by atoms with Crippen LogP contribution < -0.4 is 5.73 Å². The third kappa shape index (κ3) is 3.96. The van der Waals surface area contributed by atoms with Crippen molar-refractivity contribution in [2.45, 2.75) is 25.9 Å². The van der Waals surface area contributed by atoms with E-state index in [1.54, 1.807) is 31.4 Å². The van der Waals surface area contributed by atoms with E-state index in [2.05, 4.69) is 16.0 Å². The maximum Gasteiger partial charge on any atom is 0.166 e. The first-order chi connectivity index (χ1) is 13.7. The van der Waals surface area contributed by atoms with Crippen LogP contribution in [0.3, 0.4) is 0 Å². The Labute approximate surface area is 176 Å². The maximum absolute atomic E-state index is 13.5. The molecule has 148 valence electrons. The zero-order chi connectivity index (χ0) is 20.8. The van der Waals surface area contributed by atoms with Crippen molar-refractivity contribution >= 4 is 38.8 Å². The van der Waals surface area contributed by atoms with Crippen LogP contribution in [0.4, 0.5) is 10.2 Å². The average molecular weight is 428 g/mol. The number of hydrogen-bond donors (Lipinski definition) is 2. The third-order valence-electron chi connectivity index (χ3n) is 4.71. The van der Waals surface area contributed by atoms with Crippen molar-refractivity contribution in [1.82, 2.24) is 9.97 Å². The predicted molar refractivity (Wildman–Crippen MR) is 117 cm³/mol. The third-order valence-corrected chi connectivity index (χ3v) is 6.22. The fraction of sp³-hybridized carbons (Fsp3) is 0.182. The predicted octanol–water partition coefficient (Wildman–Crippen LogP) is 5.55. The smallest absolute Gasteiger partial charge is 0.166 e. The van der Waals surface area contributed by atoms with Crippen LogP contribution in [0.2, 0.25) is 5.02 Å². The average Bonchev–Trinajstić information content (AvgIpc) is 3.08. The Morgan fingerprint density at radius 2 is 2.00 bits per heavy atom. The summed E-state index contributed by atoms with van der Waals surface area (Å²) in [6.07, 6.45) is 2.17. The van der Waals surface area contributed by atoms with Gasteiger partial charge in [0.1, 0.15) is 0 Å². The number of thiophene rings is 1. The molecule has 1 aromatic carbocycles. The number of benzene rings is 1. The van der Waals surface area contributed by atoms with Gasteiger partial charge in [-0.15, -0.1) is 11.3 Å². The number of aliphatic hydroxyl groups is 1. The highest BCUT2D eigenvalue weighted by molar-refractivity contribution is 7.19. The number of nitrogens with two attached hydrogens (primary N) is 1. The van der Waals surface area contributed by atoms with E-state index < -0.39 is 11.4 Å². The van der Waals surface area contributed by atoms with Crippen LogP contribution in [0.5, 0.6) is 0 Å². The minimum atomic E-state index is -0.947. The number of aromatic nitrogens is 2. The second-order valence-corrected chi connectivity index (χ2v) is 8.93. The van der Waals surface area contributed by atoms with Crippen molar-refractivity contribution in [1.29, 1.82) is 0 Å². The Morgan fingerprint density at radius 1 is 1.21 bits per heavy atom. The van der Waals surface area contributed by atoms with Gasteiger partial charge in [0.25, 0.3) is 0 Å². The second-order valence-electron chi connectivity index (χ2n) is 7.39. The summed E-state index contributed by atoms with van der Waals surface area (Å²) >= 11 is 7.76. The molecule has 3 N–H and O–H groups in total. The van der Waals surface area contributed by atoms with Crippen molar-refractivity contribution in [3.8, 4) is 11.3 Å². The molecule has 29 heavy (non-hydrogen) atoms. The summed E-state index contributed by atoms with van der Waals surface area (Å²) in [4.78, 5) is 9.63. The summed E-state index contributed by atoms with van der Waals surface area (Å²) in [5, 5.41) is 11.7. The molecule has 0 aliphatic rings. The summed E-state index contributed by atoms with van der Waals surface area (Å²) in [6, 6.07) is 13.0. The van der Waals surface area contributed by atoms with Gasteiger partial charge in [-0.2, -0.15) is 0 Å². The van der Waals surface area contributed by atoms with E-state index in [0.29, 0.717) is 12.1 Å². The lowest BCUT2D eigenvalue weighted by Gasteiger charge is -2.18. The highest BCUT2D eigenvalue weighted by atomic mass is 35.5. The minimum Gasteiger partial charge on any atom is -0.386 e. The fourth-order valence-corrected chi connectivity index (χ4v) is 4.56. The molecule has 0 radical (unpaired) electrons. The van der Waals surface area contributed by atoms with E-state index in [-0.39, 0.29) is 10.8 Å². The highest BCUT2D eigenvalue weighted by Crippen LogP contribution is 2.36. The standard InChI is InChI=1S/C22H19ClFN3OS/c1-22(2,28)13-6-7-26-18(9-13)15-5-3-4-12-8-14(29-20(12)15)10-19-16(23)11-17(24)21(25)27-19/h3-9,11,28H,10H2,1-2H3,(H2,25,27). The molecule has 0 bridgehead atoms. The van der Waals surface area contributed by atoms with E-state index in [1.807, 2.05) is 30.3 Å². The summed E-state index contributed by atoms with van der Waals surface area (Å²) in [6.45, 7) is 3.50. The molecular formula is C22H19ClFN3OS. The first-order valence-corrected chi connectivity index (χ1v) is 10.2. The first kappa shape index (κ1) is 19.8. The van der Waals surface area contributed by atoms with Gasteiger partial charge in [-0.25, -0.2) is 9.37 Å². The van der Waals surface area contributed by atoms with Gasteiger partial charge in [0.15, 0.2) is 11.6 Å². The summed E-state index contributed by atoms with van der Waals surface area (Å²) in [5.74, 6) is -0.769. The van der Waals surface area contributed by atoms with Crippen molar-refractivity contribution in [2.24, 2.45) is 0 Å². The first-order valence-electron chi connectivity index (χ1n) is 9.03. The normalized spacial score (nSPS) is 11.9. The van der Waals surface area contributed by atoms with E-state index >= 15 is 0 Å². The Bertz CT molecular complexity index is 1220. The van der Waals surface area contributed by atoms with Crippen LogP contribution in [-0.2, 0) is 12.0 Å². The van der Waals surface area contributed by atoms with Crippen molar-refractivity contribution in [3.05, 3.63) is 75.6 Å². The molecule has 3 aromatic heterocycles. The number of fused-ring (bicyclic) bond motifs is 1. The lowest BCUT2D eigenvalue weighted by atomic mass is 9.97. The monoisotopic (exact) mass is 427 g/mol. The molecule has 0 spiro atoms. The Kier molecular flexibility index (Phi) is 5.02. The van der Waals surface area contributed by atoms with Gasteiger partial charge in [0.2, 0.25) is 0 Å². The van der Waals surface area contributed by atoms with E-state index in [9.17, 15) is 9.50 Å². The number of nitrogens with zero attached hydrogens (tertiary/aromatic N) is 2. The number of pyridine rings is 2. The molecule has 3 heterocycles. The molecule has 0 saturated heterocycles. The van der Waals surface area contributed by atoms with Crippen molar-refractivity contribution < 1.29 is 9.50 Å². The lowest BCUT2D eigenvalue weighted by molar-refractivity contribution is 0.0785. The number of anilines is 1. The zero-order valence-electron chi connectivity index (χ0n) is 15.9. The number of halogens is 2. The molecule has 0 aliphatic carbocycles. The van der Waals surface area contributed by atoms with Crippen LogP contribution >= 0.6 is 22.9 Å². The van der Waals surface area contributed by atoms with Gasteiger partial charge in [-0.3, -0.25) is 4.98 Å². The number of hydrogen-bond acceptors (Lipinski definition) is 5. The van der Waals surface area contributed by atoms with Crippen LogP contribution in [-0.4, -0.2) is 15.1 Å². The van der Waals surface area contributed by atoms with Crippen molar-refractivity contribution in [2.75, 3.05) is 5.73 Å². The molecule has 0 unspecified atom stereocenters. The zero-order valence-corrected chi connectivity index (χ0v) is 17.5. The Balaban J connectivity index is 1.76. The maximum atomic E-state index is 13.5. The topological polar surface area (TPSA) is 72.0 Å². The van der Waals surface area contributed by atoms with Crippen LogP contribution in [0.15, 0.2) is 48.7 Å². The molecule has 0 amide bonds. The largest absolute Gasteiger partial charge is 0.386 e. The van der Waals surface area contributed by atoms with Gasteiger partial charge < -0.3 is 10.8 Å². The number of rotatable bonds is 4. The Hall–Kier alpha value is -2.54. The molecule has 0 fully saturated rings. The van der Waals surface area contributed by atoms with Gasteiger partial charge in [-0.1, -0.05) is 29.8 Å². The summed E-state index contributed by atoms with van der Waals surface area (Å²) < 4.78 is 14.6. The van der Waals surface area contributed by atoms with Gasteiger partial charge >= 0.3 is 0 Å². The lowest BCUT2D eigenvalue weighted by Crippen LogP contribution is -2.15. The van der Waals surface area contributed by atoms with Gasteiger partial charge in [-0.05, 0) is 49.1 Å². The van der Waals surface area contributed by atoms with E-state index in [4.69, 9.17) is 17.3 Å². The van der Waals surface area contributed by atoms with Crippen LogP contribution in [0.25, 0.3) is 21.3 Å². The van der Waals surface area contributed by atoms with E-state index in [0.717, 1.165) is 31.8 Å². The molecule has 0 aliphatic heterocycles. The van der Waals surface area contributed by atoms with E-state index in [1.165, 1.54) is 6.07 Å². The highest BCUT2D eigenvalue weighted by Gasteiger charge is 2.18. The van der Waals surface area contributed by atoms with Crippen molar-refractivity contribution in [3.63, 3.8) is 0 Å². The fourth-order valence-electron chi connectivity index (χ4n) is 3.17. The molecular weight excluding hydrogens is 409 g/mol. The second kappa shape index (κ2) is 7.37. The minimum absolute atomic E-state index is 0.154. The van der Waals surface area contributed by atoms with Gasteiger partial charge in [0, 0.05) is 27.8 Å².